The lowest BCUT2D eigenvalue weighted by molar-refractivity contribution is 0.326. The molecule has 0 fully saturated rings. The summed E-state index contributed by atoms with van der Waals surface area (Å²) in [6.45, 7) is 3.93. The van der Waals surface area contributed by atoms with Gasteiger partial charge in [0.2, 0.25) is 5.82 Å². The molecular weight excluding hydrogens is 494 g/mol. The molecule has 0 radical (unpaired) electrons. The summed E-state index contributed by atoms with van der Waals surface area (Å²) in [6, 6.07) is 17.6. The number of nitrogens with zero attached hydrogens (tertiary/aromatic N) is 3. The SMILES string of the molecule is C=CCOc1c(C=Nn2c(-c3cc4c(OC)cccc4o3)nc3ccccc3c2=O)cc(Cl)cc1OC. The van der Waals surface area contributed by atoms with E-state index in [2.05, 4.69) is 11.7 Å². The Morgan fingerprint density at radius 3 is 2.65 bits per heavy atom. The van der Waals surface area contributed by atoms with E-state index in [1.807, 2.05) is 24.3 Å². The van der Waals surface area contributed by atoms with Gasteiger partial charge in [0.15, 0.2) is 17.3 Å². The van der Waals surface area contributed by atoms with Gasteiger partial charge in [0, 0.05) is 16.7 Å². The van der Waals surface area contributed by atoms with Gasteiger partial charge in [-0.3, -0.25) is 4.79 Å². The number of para-hydroxylation sites is 1. The van der Waals surface area contributed by atoms with Crippen LogP contribution in [0.3, 0.4) is 0 Å². The van der Waals surface area contributed by atoms with Crippen molar-refractivity contribution in [1.29, 1.82) is 0 Å². The lowest BCUT2D eigenvalue weighted by Gasteiger charge is -2.13. The summed E-state index contributed by atoms with van der Waals surface area (Å²) in [7, 11) is 3.10. The fourth-order valence-electron chi connectivity index (χ4n) is 3.97. The molecule has 3 aromatic carbocycles. The highest BCUT2D eigenvalue weighted by Crippen LogP contribution is 2.35. The number of fused-ring (bicyclic) bond motifs is 2. The molecule has 2 aromatic heterocycles. The van der Waals surface area contributed by atoms with E-state index in [1.165, 1.54) is 18.0 Å². The molecule has 0 amide bonds. The second-order valence-corrected chi connectivity index (χ2v) is 8.36. The third-order valence-electron chi connectivity index (χ3n) is 5.64. The fourth-order valence-corrected chi connectivity index (χ4v) is 4.18. The van der Waals surface area contributed by atoms with Crippen molar-refractivity contribution in [3.8, 4) is 28.8 Å². The third-order valence-corrected chi connectivity index (χ3v) is 5.86. The minimum atomic E-state index is -0.369. The molecule has 186 valence electrons. The van der Waals surface area contributed by atoms with Gasteiger partial charge in [0.05, 0.1) is 36.7 Å². The zero-order valence-corrected chi connectivity index (χ0v) is 20.9. The van der Waals surface area contributed by atoms with Crippen LogP contribution >= 0.6 is 11.6 Å². The van der Waals surface area contributed by atoms with E-state index < -0.39 is 0 Å². The molecule has 0 N–H and O–H groups in total. The zero-order chi connectivity index (χ0) is 25.9. The Hall–Kier alpha value is -4.56. The molecule has 0 unspecified atom stereocenters. The zero-order valence-electron chi connectivity index (χ0n) is 20.1. The Bertz CT molecular complexity index is 1720. The second-order valence-electron chi connectivity index (χ2n) is 7.92. The van der Waals surface area contributed by atoms with Crippen LogP contribution in [0.2, 0.25) is 5.02 Å². The van der Waals surface area contributed by atoms with Crippen LogP contribution in [-0.2, 0) is 0 Å². The van der Waals surface area contributed by atoms with Crippen LogP contribution in [-0.4, -0.2) is 36.7 Å². The van der Waals surface area contributed by atoms with Crippen molar-refractivity contribution in [3.05, 3.63) is 94.3 Å². The van der Waals surface area contributed by atoms with E-state index in [4.69, 9.17) is 35.2 Å². The predicted octanol–water partition coefficient (Wildman–Crippen LogP) is 5.93. The number of ether oxygens (including phenoxy) is 3. The van der Waals surface area contributed by atoms with Crippen LogP contribution in [0.4, 0.5) is 0 Å². The maximum absolute atomic E-state index is 13.6. The van der Waals surface area contributed by atoms with Crippen LogP contribution in [0.5, 0.6) is 17.2 Å². The lowest BCUT2D eigenvalue weighted by atomic mass is 10.2. The van der Waals surface area contributed by atoms with E-state index >= 15 is 0 Å². The van der Waals surface area contributed by atoms with Crippen LogP contribution in [0.1, 0.15) is 5.56 Å². The summed E-state index contributed by atoms with van der Waals surface area (Å²) in [5.41, 5.74) is 1.24. The Balaban J connectivity index is 1.73. The molecule has 5 aromatic rings. The first-order valence-electron chi connectivity index (χ1n) is 11.3. The maximum atomic E-state index is 13.6. The number of rotatable bonds is 8. The molecule has 0 saturated carbocycles. The Morgan fingerprint density at radius 2 is 1.86 bits per heavy atom. The van der Waals surface area contributed by atoms with Crippen LogP contribution in [0.25, 0.3) is 33.5 Å². The first-order valence-corrected chi connectivity index (χ1v) is 11.7. The molecular formula is C28H22ClN3O5. The molecule has 0 bridgehead atoms. The van der Waals surface area contributed by atoms with Crippen molar-refractivity contribution in [2.24, 2.45) is 5.10 Å². The molecule has 0 spiro atoms. The van der Waals surface area contributed by atoms with Gasteiger partial charge in [-0.2, -0.15) is 9.78 Å². The minimum absolute atomic E-state index is 0.223. The standard InChI is InChI=1S/C28H22ClN3O5/c1-4-12-36-26-17(13-18(29)14-24(26)35-3)16-30-32-27(31-21-9-6-5-8-19(21)28(32)33)25-15-20-22(34-2)10-7-11-23(20)37-25/h4-11,13-16H,1,12H2,2-3H3. The average molecular weight is 516 g/mol. The van der Waals surface area contributed by atoms with Crippen molar-refractivity contribution in [1.82, 2.24) is 9.66 Å². The van der Waals surface area contributed by atoms with E-state index in [1.54, 1.807) is 49.6 Å². The normalized spacial score (nSPS) is 11.3. The predicted molar refractivity (Wildman–Crippen MR) is 144 cm³/mol. The number of halogens is 1. The van der Waals surface area contributed by atoms with E-state index in [0.29, 0.717) is 50.1 Å². The van der Waals surface area contributed by atoms with Gasteiger partial charge in [-0.15, -0.1) is 0 Å². The summed E-state index contributed by atoms with van der Waals surface area (Å²) in [5, 5.41) is 6.07. The molecule has 37 heavy (non-hydrogen) atoms. The number of hydrogen-bond donors (Lipinski definition) is 0. The number of furan rings is 1. The number of benzene rings is 3. The highest BCUT2D eigenvalue weighted by molar-refractivity contribution is 6.31. The van der Waals surface area contributed by atoms with Crippen LogP contribution in [0.15, 0.2) is 87.6 Å². The van der Waals surface area contributed by atoms with Crippen molar-refractivity contribution >= 4 is 39.7 Å². The highest BCUT2D eigenvalue weighted by atomic mass is 35.5. The largest absolute Gasteiger partial charge is 0.496 e. The topological polar surface area (TPSA) is 88.1 Å². The summed E-state index contributed by atoms with van der Waals surface area (Å²) in [6.07, 6.45) is 3.08. The molecule has 9 heteroatoms. The molecule has 2 heterocycles. The van der Waals surface area contributed by atoms with E-state index in [-0.39, 0.29) is 18.0 Å². The van der Waals surface area contributed by atoms with E-state index in [9.17, 15) is 4.79 Å². The molecule has 0 aliphatic heterocycles. The first kappa shape index (κ1) is 24.1. The molecule has 0 saturated heterocycles. The molecule has 5 rings (SSSR count). The third kappa shape index (κ3) is 4.54. The molecule has 0 atom stereocenters. The Labute approximate surface area is 217 Å². The van der Waals surface area contributed by atoms with Gasteiger partial charge >= 0.3 is 0 Å². The number of hydrogen-bond acceptors (Lipinski definition) is 7. The molecule has 0 aliphatic rings. The summed E-state index contributed by atoms with van der Waals surface area (Å²) in [4.78, 5) is 18.3. The monoisotopic (exact) mass is 515 g/mol. The van der Waals surface area contributed by atoms with Crippen molar-refractivity contribution < 1.29 is 18.6 Å². The fraction of sp³-hybridized carbons (Fsp3) is 0.107. The van der Waals surface area contributed by atoms with Gasteiger partial charge in [-0.05, 0) is 36.4 Å². The highest BCUT2D eigenvalue weighted by Gasteiger charge is 2.18. The minimum Gasteiger partial charge on any atom is -0.496 e. The first-order chi connectivity index (χ1) is 18.0. The number of aromatic nitrogens is 2. The Kier molecular flexibility index (Phi) is 6.66. The average Bonchev–Trinajstić information content (AvgIpc) is 3.36. The van der Waals surface area contributed by atoms with Crippen LogP contribution in [0, 0.1) is 0 Å². The summed E-state index contributed by atoms with van der Waals surface area (Å²) < 4.78 is 24.0. The van der Waals surface area contributed by atoms with Crippen molar-refractivity contribution in [2.75, 3.05) is 20.8 Å². The molecule has 8 nitrogen and oxygen atoms in total. The quantitative estimate of drug-likeness (QED) is 0.188. The maximum Gasteiger partial charge on any atom is 0.282 e. The van der Waals surface area contributed by atoms with Crippen molar-refractivity contribution in [2.45, 2.75) is 0 Å². The van der Waals surface area contributed by atoms with Gasteiger partial charge in [-0.25, -0.2) is 4.98 Å². The van der Waals surface area contributed by atoms with Gasteiger partial charge in [0.25, 0.3) is 5.56 Å². The molecule has 0 aliphatic carbocycles. The second kappa shape index (κ2) is 10.2. The van der Waals surface area contributed by atoms with Crippen molar-refractivity contribution in [3.63, 3.8) is 0 Å². The van der Waals surface area contributed by atoms with Gasteiger partial charge < -0.3 is 18.6 Å². The smallest absolute Gasteiger partial charge is 0.282 e. The summed E-state index contributed by atoms with van der Waals surface area (Å²) >= 11 is 6.30. The lowest BCUT2D eigenvalue weighted by Crippen LogP contribution is -2.20. The van der Waals surface area contributed by atoms with Crippen LogP contribution < -0.4 is 19.8 Å². The van der Waals surface area contributed by atoms with Gasteiger partial charge in [0.1, 0.15) is 17.9 Å². The van der Waals surface area contributed by atoms with Gasteiger partial charge in [-0.1, -0.05) is 42.5 Å². The Morgan fingerprint density at radius 1 is 1.05 bits per heavy atom. The number of methoxy groups -OCH3 is 2. The van der Waals surface area contributed by atoms with E-state index in [0.717, 1.165) is 5.39 Å². The summed E-state index contributed by atoms with van der Waals surface area (Å²) in [5.74, 6) is 2.05.